The lowest BCUT2D eigenvalue weighted by molar-refractivity contribution is -0.143. The molecule has 0 saturated carbocycles. The van der Waals surface area contributed by atoms with E-state index >= 15 is 0 Å². The van der Waals surface area contributed by atoms with Gasteiger partial charge in [-0.2, -0.15) is 5.10 Å². The minimum Gasteiger partial charge on any atom is -0.466 e. The van der Waals surface area contributed by atoms with Gasteiger partial charge in [-0.25, -0.2) is 0 Å². The maximum atomic E-state index is 11.0. The Morgan fingerprint density at radius 1 is 1.53 bits per heavy atom. The van der Waals surface area contributed by atoms with Crippen LogP contribution in [-0.2, 0) is 16.1 Å². The van der Waals surface area contributed by atoms with Gasteiger partial charge in [-0.1, -0.05) is 13.8 Å². The van der Waals surface area contributed by atoms with Crippen molar-refractivity contribution in [1.82, 2.24) is 9.78 Å². The van der Waals surface area contributed by atoms with Gasteiger partial charge in [0.2, 0.25) is 0 Å². The Balaban J connectivity index is 0.000000921. The summed E-state index contributed by atoms with van der Waals surface area (Å²) in [6.07, 6.45) is 4.05. The molecule has 0 saturated heterocycles. The topological polar surface area (TPSA) is 44.1 Å². The van der Waals surface area contributed by atoms with Gasteiger partial charge in [-0.05, 0) is 19.4 Å². The number of nitrogens with zero attached hydrogens (tertiary/aromatic N) is 2. The van der Waals surface area contributed by atoms with E-state index in [1.807, 2.05) is 27.0 Å². The lowest BCUT2D eigenvalue weighted by Gasteiger charge is -2.01. The normalized spacial score (nSPS) is 9.07. The number of carbonyl (C=O) groups excluding carboxylic acids is 1. The van der Waals surface area contributed by atoms with Crippen molar-refractivity contribution in [2.45, 2.75) is 40.7 Å². The molecule has 0 N–H and O–H groups in total. The van der Waals surface area contributed by atoms with Crippen molar-refractivity contribution in [1.29, 1.82) is 0 Å². The van der Waals surface area contributed by atoms with Crippen LogP contribution in [0.4, 0.5) is 0 Å². The zero-order valence-corrected chi connectivity index (χ0v) is 9.99. The van der Waals surface area contributed by atoms with Gasteiger partial charge in [-0.3, -0.25) is 9.48 Å². The SMILES string of the molecule is CC.CCOC(=O)CCn1cc(C)cn1. The summed E-state index contributed by atoms with van der Waals surface area (Å²) in [7, 11) is 0. The molecule has 15 heavy (non-hydrogen) atoms. The van der Waals surface area contributed by atoms with Crippen molar-refractivity contribution in [2.24, 2.45) is 0 Å². The molecule has 0 spiro atoms. The Morgan fingerprint density at radius 3 is 2.67 bits per heavy atom. The van der Waals surface area contributed by atoms with Gasteiger partial charge in [0.15, 0.2) is 0 Å². The molecular weight excluding hydrogens is 192 g/mol. The van der Waals surface area contributed by atoms with Crippen LogP contribution in [-0.4, -0.2) is 22.4 Å². The fourth-order valence-corrected chi connectivity index (χ4v) is 1.03. The molecule has 1 aromatic rings. The number of aryl methyl sites for hydroxylation is 2. The third-order valence-corrected chi connectivity index (χ3v) is 1.61. The lowest BCUT2D eigenvalue weighted by atomic mass is 10.4. The van der Waals surface area contributed by atoms with Gasteiger partial charge in [0.1, 0.15) is 0 Å². The van der Waals surface area contributed by atoms with E-state index in [1.165, 1.54) is 0 Å². The molecule has 0 aliphatic carbocycles. The van der Waals surface area contributed by atoms with Gasteiger partial charge in [0.05, 0.1) is 25.8 Å². The highest BCUT2D eigenvalue weighted by atomic mass is 16.5. The van der Waals surface area contributed by atoms with E-state index < -0.39 is 0 Å². The largest absolute Gasteiger partial charge is 0.466 e. The van der Waals surface area contributed by atoms with Crippen molar-refractivity contribution in [3.63, 3.8) is 0 Å². The smallest absolute Gasteiger partial charge is 0.307 e. The van der Waals surface area contributed by atoms with Crippen molar-refractivity contribution < 1.29 is 9.53 Å². The number of hydrogen-bond donors (Lipinski definition) is 0. The molecular formula is C11H20N2O2. The zero-order valence-electron chi connectivity index (χ0n) is 9.99. The van der Waals surface area contributed by atoms with Gasteiger partial charge < -0.3 is 4.74 Å². The fourth-order valence-electron chi connectivity index (χ4n) is 1.03. The monoisotopic (exact) mass is 212 g/mol. The summed E-state index contributed by atoms with van der Waals surface area (Å²) < 4.78 is 6.53. The summed E-state index contributed by atoms with van der Waals surface area (Å²) in [6.45, 7) is 8.80. The fraction of sp³-hybridized carbons (Fsp3) is 0.636. The molecule has 0 aromatic carbocycles. The molecule has 1 heterocycles. The van der Waals surface area contributed by atoms with E-state index in [0.717, 1.165) is 5.56 Å². The average molecular weight is 212 g/mol. The third-order valence-electron chi connectivity index (χ3n) is 1.61. The van der Waals surface area contributed by atoms with E-state index in [-0.39, 0.29) is 5.97 Å². The lowest BCUT2D eigenvalue weighted by Crippen LogP contribution is -2.09. The first-order valence-electron chi connectivity index (χ1n) is 5.37. The molecule has 0 aliphatic rings. The molecule has 0 radical (unpaired) electrons. The molecule has 4 nitrogen and oxygen atoms in total. The Labute approximate surface area is 91.2 Å². The van der Waals surface area contributed by atoms with E-state index in [4.69, 9.17) is 4.74 Å². The molecule has 1 aromatic heterocycles. The van der Waals surface area contributed by atoms with Crippen LogP contribution >= 0.6 is 0 Å². The van der Waals surface area contributed by atoms with Crippen molar-refractivity contribution in [2.75, 3.05) is 6.61 Å². The molecule has 1 rings (SSSR count). The van der Waals surface area contributed by atoms with Crippen molar-refractivity contribution in [3.05, 3.63) is 18.0 Å². The number of esters is 1. The summed E-state index contributed by atoms with van der Waals surface area (Å²) in [5.41, 5.74) is 1.10. The minimum atomic E-state index is -0.171. The predicted octanol–water partition coefficient (Wildman–Crippen LogP) is 2.17. The maximum Gasteiger partial charge on any atom is 0.307 e. The molecule has 86 valence electrons. The van der Waals surface area contributed by atoms with Crippen LogP contribution in [0.25, 0.3) is 0 Å². The average Bonchev–Trinajstić information content (AvgIpc) is 2.65. The van der Waals surface area contributed by atoms with Crippen molar-refractivity contribution in [3.8, 4) is 0 Å². The van der Waals surface area contributed by atoms with Gasteiger partial charge >= 0.3 is 5.97 Å². The number of hydrogen-bond acceptors (Lipinski definition) is 3. The number of carbonyl (C=O) groups is 1. The number of ether oxygens (including phenoxy) is 1. The highest BCUT2D eigenvalue weighted by molar-refractivity contribution is 5.69. The minimum absolute atomic E-state index is 0.171. The molecule has 4 heteroatoms. The van der Waals surface area contributed by atoms with Gasteiger partial charge in [-0.15, -0.1) is 0 Å². The maximum absolute atomic E-state index is 11.0. The third kappa shape index (κ3) is 5.88. The highest BCUT2D eigenvalue weighted by Gasteiger charge is 2.01. The van der Waals surface area contributed by atoms with Crippen LogP contribution in [0.2, 0.25) is 0 Å². The molecule has 0 bridgehead atoms. The second kappa shape index (κ2) is 8.03. The Kier molecular flexibility index (Phi) is 7.32. The Bertz CT molecular complexity index is 282. The number of aromatic nitrogens is 2. The van der Waals surface area contributed by atoms with Crippen molar-refractivity contribution >= 4 is 5.97 Å². The van der Waals surface area contributed by atoms with Crippen LogP contribution in [0.3, 0.4) is 0 Å². The van der Waals surface area contributed by atoms with E-state index in [1.54, 1.807) is 17.8 Å². The van der Waals surface area contributed by atoms with Crippen LogP contribution in [0.5, 0.6) is 0 Å². The first-order valence-corrected chi connectivity index (χ1v) is 5.37. The predicted molar refractivity (Wildman–Crippen MR) is 59.6 cm³/mol. The summed E-state index contributed by atoms with van der Waals surface area (Å²) in [5, 5.41) is 4.06. The summed E-state index contributed by atoms with van der Waals surface area (Å²) in [5.74, 6) is -0.171. The van der Waals surface area contributed by atoms with Crippen LogP contribution in [0.15, 0.2) is 12.4 Å². The van der Waals surface area contributed by atoms with E-state index in [2.05, 4.69) is 5.10 Å². The van der Waals surface area contributed by atoms with Crippen LogP contribution < -0.4 is 0 Å². The second-order valence-corrected chi connectivity index (χ2v) is 2.84. The quantitative estimate of drug-likeness (QED) is 0.718. The first kappa shape index (κ1) is 13.7. The zero-order chi connectivity index (χ0) is 11.7. The number of rotatable bonds is 4. The first-order chi connectivity index (χ1) is 7.22. The van der Waals surface area contributed by atoms with E-state index in [9.17, 15) is 4.79 Å². The van der Waals surface area contributed by atoms with Gasteiger partial charge in [0, 0.05) is 6.20 Å². The summed E-state index contributed by atoms with van der Waals surface area (Å²) in [4.78, 5) is 11.0. The van der Waals surface area contributed by atoms with E-state index in [0.29, 0.717) is 19.6 Å². The molecule has 0 amide bonds. The Morgan fingerprint density at radius 2 is 2.20 bits per heavy atom. The summed E-state index contributed by atoms with van der Waals surface area (Å²) in [6, 6.07) is 0. The highest BCUT2D eigenvalue weighted by Crippen LogP contribution is 1.96. The molecule has 0 aliphatic heterocycles. The van der Waals surface area contributed by atoms with Crippen LogP contribution in [0, 0.1) is 6.92 Å². The molecule has 0 unspecified atom stereocenters. The van der Waals surface area contributed by atoms with Crippen LogP contribution in [0.1, 0.15) is 32.8 Å². The molecule has 0 atom stereocenters. The molecule has 0 fully saturated rings. The van der Waals surface area contributed by atoms with Gasteiger partial charge in [0.25, 0.3) is 0 Å². The second-order valence-electron chi connectivity index (χ2n) is 2.84. The standard InChI is InChI=1S/C9H14N2O2.C2H6/c1-3-13-9(12)4-5-11-7-8(2)6-10-11;1-2/h6-7H,3-5H2,1-2H3;1-2H3. The Hall–Kier alpha value is -1.32. The summed E-state index contributed by atoms with van der Waals surface area (Å²) >= 11 is 0.